The van der Waals surface area contributed by atoms with Gasteiger partial charge >= 0.3 is 0 Å². The van der Waals surface area contributed by atoms with Crippen LogP contribution in [0.2, 0.25) is 0 Å². The van der Waals surface area contributed by atoms with Crippen LogP contribution in [-0.4, -0.2) is 14.0 Å². The van der Waals surface area contributed by atoms with E-state index in [1.54, 1.807) is 6.07 Å². The summed E-state index contributed by atoms with van der Waals surface area (Å²) in [5.74, 6) is 0. The molecule has 1 aliphatic rings. The highest BCUT2D eigenvalue weighted by Gasteiger charge is 2.36. The molecule has 4 nitrogen and oxygen atoms in total. The summed E-state index contributed by atoms with van der Waals surface area (Å²) in [5, 5.41) is 0. The van der Waals surface area contributed by atoms with Crippen molar-refractivity contribution in [3.05, 3.63) is 27.7 Å². The van der Waals surface area contributed by atoms with Gasteiger partial charge in [0.05, 0.1) is 4.90 Å². The van der Waals surface area contributed by atoms with Gasteiger partial charge in [-0.3, -0.25) is 0 Å². The van der Waals surface area contributed by atoms with Crippen molar-refractivity contribution in [1.82, 2.24) is 4.72 Å². The van der Waals surface area contributed by atoms with Crippen molar-refractivity contribution in [2.75, 3.05) is 0 Å². The van der Waals surface area contributed by atoms with Crippen LogP contribution in [0.3, 0.4) is 0 Å². The first-order valence-electron chi connectivity index (χ1n) is 6.30. The van der Waals surface area contributed by atoms with E-state index in [1.807, 2.05) is 19.9 Å². The van der Waals surface area contributed by atoms with Gasteiger partial charge in [0.15, 0.2) is 0 Å². The first kappa shape index (κ1) is 15.0. The Morgan fingerprint density at radius 1 is 1.42 bits per heavy atom. The Balaban J connectivity index is 2.42. The van der Waals surface area contributed by atoms with E-state index in [1.165, 1.54) is 0 Å². The molecule has 0 bridgehead atoms. The lowest BCUT2D eigenvalue weighted by Crippen LogP contribution is -2.50. The van der Waals surface area contributed by atoms with Crippen molar-refractivity contribution in [1.29, 1.82) is 0 Å². The number of hydrogen-bond acceptors (Lipinski definition) is 3. The van der Waals surface area contributed by atoms with Gasteiger partial charge < -0.3 is 5.73 Å². The molecule has 1 aromatic carbocycles. The van der Waals surface area contributed by atoms with Crippen LogP contribution < -0.4 is 10.5 Å². The largest absolute Gasteiger partial charge is 0.326 e. The number of sulfonamides is 1. The number of nitrogens with one attached hydrogen (secondary N) is 1. The first-order chi connectivity index (χ1) is 8.77. The van der Waals surface area contributed by atoms with Crippen molar-refractivity contribution in [2.24, 2.45) is 5.73 Å². The summed E-state index contributed by atoms with van der Waals surface area (Å²) in [5.41, 5.74) is 7.01. The summed E-state index contributed by atoms with van der Waals surface area (Å²) < 4.78 is 28.4. The predicted octanol–water partition coefficient (Wildman–Crippen LogP) is 2.44. The van der Waals surface area contributed by atoms with E-state index in [9.17, 15) is 8.42 Å². The first-order valence-corrected chi connectivity index (χ1v) is 8.58. The van der Waals surface area contributed by atoms with Crippen LogP contribution >= 0.6 is 15.9 Å². The number of rotatable bonds is 4. The second kappa shape index (κ2) is 5.16. The average Bonchev–Trinajstić information content (AvgIpc) is 2.29. The molecular weight excluding hydrogens is 328 g/mol. The highest BCUT2D eigenvalue weighted by Crippen LogP contribution is 2.34. The van der Waals surface area contributed by atoms with E-state index in [4.69, 9.17) is 5.73 Å². The number of hydrogen-bond donors (Lipinski definition) is 2. The molecule has 19 heavy (non-hydrogen) atoms. The zero-order chi connectivity index (χ0) is 14.3. The van der Waals surface area contributed by atoms with E-state index in [2.05, 4.69) is 20.7 Å². The Morgan fingerprint density at radius 2 is 2.05 bits per heavy atom. The highest BCUT2D eigenvalue weighted by molar-refractivity contribution is 9.10. The van der Waals surface area contributed by atoms with Gasteiger partial charge in [0.1, 0.15) is 0 Å². The minimum atomic E-state index is -3.52. The molecule has 0 amide bonds. The zero-order valence-electron chi connectivity index (χ0n) is 11.2. The maximum absolute atomic E-state index is 12.5. The predicted molar refractivity (Wildman–Crippen MR) is 79.3 cm³/mol. The van der Waals surface area contributed by atoms with Gasteiger partial charge in [-0.15, -0.1) is 0 Å². The van der Waals surface area contributed by atoms with E-state index in [-0.39, 0.29) is 10.4 Å². The summed E-state index contributed by atoms with van der Waals surface area (Å²) in [6.07, 6.45) is 2.85. The maximum Gasteiger partial charge on any atom is 0.242 e. The number of halogens is 1. The van der Waals surface area contributed by atoms with Gasteiger partial charge in [0.25, 0.3) is 0 Å². The molecule has 1 fully saturated rings. The fourth-order valence-electron chi connectivity index (χ4n) is 2.31. The summed E-state index contributed by atoms with van der Waals surface area (Å²) in [7, 11) is -3.52. The summed E-state index contributed by atoms with van der Waals surface area (Å²) in [6.45, 7) is 4.14. The minimum Gasteiger partial charge on any atom is -0.326 e. The second-order valence-corrected chi connectivity index (χ2v) is 7.89. The summed E-state index contributed by atoms with van der Waals surface area (Å²) in [4.78, 5) is 0.279. The summed E-state index contributed by atoms with van der Waals surface area (Å²) >= 11 is 3.37. The molecule has 0 aromatic heterocycles. The Bertz CT molecular complexity index is 595. The molecule has 106 valence electrons. The van der Waals surface area contributed by atoms with Gasteiger partial charge in [-0.2, -0.15) is 0 Å². The van der Waals surface area contributed by atoms with Gasteiger partial charge in [-0.1, -0.05) is 6.07 Å². The SMILES string of the molecule is Cc1cc(CN)cc(S(=O)(=O)NC2(C)CCC2)c1Br. The highest BCUT2D eigenvalue weighted by atomic mass is 79.9. The molecule has 1 aliphatic carbocycles. The standard InChI is InChI=1S/C13H19BrN2O2S/c1-9-6-10(8-15)7-11(12(9)14)19(17,18)16-13(2)4-3-5-13/h6-7,16H,3-5,8,15H2,1-2H3. The molecule has 1 saturated carbocycles. The van der Waals surface area contributed by atoms with E-state index in [0.717, 1.165) is 30.4 Å². The molecule has 0 atom stereocenters. The third-order valence-electron chi connectivity index (χ3n) is 3.64. The fraction of sp³-hybridized carbons (Fsp3) is 0.538. The quantitative estimate of drug-likeness (QED) is 0.879. The number of benzene rings is 1. The van der Waals surface area contributed by atoms with Crippen molar-refractivity contribution in [2.45, 2.75) is 50.1 Å². The third kappa shape index (κ3) is 3.02. The Morgan fingerprint density at radius 3 is 2.53 bits per heavy atom. The number of nitrogens with two attached hydrogens (primary N) is 1. The van der Waals surface area contributed by atoms with Crippen LogP contribution in [0.4, 0.5) is 0 Å². The molecule has 2 rings (SSSR count). The normalized spacial score (nSPS) is 18.1. The topological polar surface area (TPSA) is 72.2 Å². The molecule has 1 aromatic rings. The van der Waals surface area contributed by atoms with Crippen LogP contribution in [0.25, 0.3) is 0 Å². The third-order valence-corrected chi connectivity index (χ3v) is 6.62. The monoisotopic (exact) mass is 346 g/mol. The lowest BCUT2D eigenvalue weighted by atomic mass is 9.80. The molecule has 0 aliphatic heterocycles. The van der Waals surface area contributed by atoms with Gasteiger partial charge in [0.2, 0.25) is 10.0 Å². The average molecular weight is 347 g/mol. The Labute approximate surface area is 122 Å². The van der Waals surface area contributed by atoms with Crippen molar-refractivity contribution < 1.29 is 8.42 Å². The maximum atomic E-state index is 12.5. The lowest BCUT2D eigenvalue weighted by molar-refractivity contribution is 0.248. The summed E-state index contributed by atoms with van der Waals surface area (Å²) in [6, 6.07) is 3.54. The Kier molecular flexibility index (Phi) is 4.07. The molecule has 0 radical (unpaired) electrons. The zero-order valence-corrected chi connectivity index (χ0v) is 13.6. The molecule has 0 saturated heterocycles. The molecule has 0 spiro atoms. The van der Waals surface area contributed by atoms with Crippen LogP contribution in [0.15, 0.2) is 21.5 Å². The Hall–Kier alpha value is -0.430. The number of aryl methyl sites for hydroxylation is 1. The van der Waals surface area contributed by atoms with Gasteiger partial charge in [-0.25, -0.2) is 13.1 Å². The smallest absolute Gasteiger partial charge is 0.242 e. The molecule has 0 heterocycles. The second-order valence-electron chi connectivity index (χ2n) is 5.45. The van der Waals surface area contributed by atoms with Gasteiger partial charge in [0, 0.05) is 16.6 Å². The van der Waals surface area contributed by atoms with E-state index >= 15 is 0 Å². The van der Waals surface area contributed by atoms with E-state index < -0.39 is 10.0 Å². The van der Waals surface area contributed by atoms with Crippen LogP contribution in [-0.2, 0) is 16.6 Å². The van der Waals surface area contributed by atoms with Crippen molar-refractivity contribution in [3.63, 3.8) is 0 Å². The van der Waals surface area contributed by atoms with Crippen LogP contribution in [0.1, 0.15) is 37.3 Å². The molecule has 3 N–H and O–H groups in total. The van der Waals surface area contributed by atoms with Gasteiger partial charge in [-0.05, 0) is 66.2 Å². The molecule has 6 heteroatoms. The minimum absolute atomic E-state index is 0.279. The van der Waals surface area contributed by atoms with E-state index in [0.29, 0.717) is 11.0 Å². The van der Waals surface area contributed by atoms with Crippen molar-refractivity contribution in [3.8, 4) is 0 Å². The van der Waals surface area contributed by atoms with Crippen LogP contribution in [0, 0.1) is 6.92 Å². The van der Waals surface area contributed by atoms with Crippen molar-refractivity contribution >= 4 is 26.0 Å². The lowest BCUT2D eigenvalue weighted by Gasteiger charge is -2.38. The fourth-order valence-corrected chi connectivity index (χ4v) is 4.85. The molecular formula is C13H19BrN2O2S. The molecule has 0 unspecified atom stereocenters. The van der Waals surface area contributed by atoms with Crippen LogP contribution in [0.5, 0.6) is 0 Å².